The first-order valence-electron chi connectivity index (χ1n) is 21.0. The van der Waals surface area contributed by atoms with Gasteiger partial charge in [-0.2, -0.15) is 5.10 Å². The van der Waals surface area contributed by atoms with Crippen molar-refractivity contribution in [3.8, 4) is 34.2 Å². The summed E-state index contributed by atoms with van der Waals surface area (Å²) in [5, 5.41) is 38.5. The van der Waals surface area contributed by atoms with Gasteiger partial charge in [0.15, 0.2) is 11.9 Å². The maximum Gasteiger partial charge on any atom is 0.415 e. The van der Waals surface area contributed by atoms with Crippen LogP contribution in [0, 0.1) is 5.92 Å². The molecular weight excluding hydrogens is 791 g/mol. The average molecular weight is 838 g/mol. The largest absolute Gasteiger partial charge is 0.479 e. The molecular formula is C47H47N7O8. The number of fused-ring (bicyclic) bond motifs is 5. The van der Waals surface area contributed by atoms with Crippen LogP contribution in [0.4, 0.5) is 4.79 Å². The number of carboxylic acid groups (broad SMARTS) is 1. The van der Waals surface area contributed by atoms with E-state index in [1.54, 1.807) is 27.7 Å². The molecule has 4 N–H and O–H groups in total. The summed E-state index contributed by atoms with van der Waals surface area (Å²) in [4.78, 5) is 58.0. The van der Waals surface area contributed by atoms with Crippen LogP contribution in [-0.4, -0.2) is 74.3 Å². The van der Waals surface area contributed by atoms with Crippen LogP contribution in [0.1, 0.15) is 79.9 Å². The minimum absolute atomic E-state index is 0.162. The fourth-order valence-corrected chi connectivity index (χ4v) is 9.13. The van der Waals surface area contributed by atoms with Crippen molar-refractivity contribution in [2.24, 2.45) is 5.92 Å². The van der Waals surface area contributed by atoms with Gasteiger partial charge in [-0.3, -0.25) is 4.79 Å². The lowest BCUT2D eigenvalue weighted by molar-refractivity contribution is -0.147. The summed E-state index contributed by atoms with van der Waals surface area (Å²) in [5.74, 6) is 0.190. The zero-order valence-electron chi connectivity index (χ0n) is 34.7. The number of nitrogens with zero attached hydrogens (tertiary/aromatic N) is 6. The van der Waals surface area contributed by atoms with Crippen molar-refractivity contribution in [3.05, 3.63) is 128 Å². The molecule has 6 heterocycles. The van der Waals surface area contributed by atoms with Crippen molar-refractivity contribution in [2.45, 2.75) is 78.2 Å². The van der Waals surface area contributed by atoms with Crippen LogP contribution in [0.3, 0.4) is 0 Å². The smallest absolute Gasteiger partial charge is 0.415 e. The minimum atomic E-state index is -1.98. The number of ether oxygens (including phenoxy) is 1. The fraction of sp³-hybridized carbons (Fsp3) is 0.319. The van der Waals surface area contributed by atoms with Gasteiger partial charge in [0.05, 0.1) is 35.7 Å². The number of aryl methyl sites for hydroxylation is 2. The zero-order valence-corrected chi connectivity index (χ0v) is 34.7. The highest BCUT2D eigenvalue weighted by molar-refractivity contribution is 5.90. The number of aromatic amines is 1. The molecule has 3 aromatic carbocycles. The minimum Gasteiger partial charge on any atom is -0.479 e. The molecule has 1 fully saturated rings. The van der Waals surface area contributed by atoms with Crippen LogP contribution in [0.15, 0.2) is 88.6 Å². The molecule has 62 heavy (non-hydrogen) atoms. The number of hydrogen-bond acceptors (Lipinski definition) is 9. The number of likely N-dealkylation sites (tertiary alicyclic amines) is 1. The van der Waals surface area contributed by atoms with E-state index in [4.69, 9.17) is 9.72 Å². The van der Waals surface area contributed by atoms with Gasteiger partial charge in [-0.1, -0.05) is 39.0 Å². The highest BCUT2D eigenvalue weighted by Gasteiger charge is 2.31. The number of nitrogens with one attached hydrogen (secondary N) is 1. The maximum absolute atomic E-state index is 13.4. The third-order valence-corrected chi connectivity index (χ3v) is 12.6. The third kappa shape index (κ3) is 7.16. The van der Waals surface area contributed by atoms with Gasteiger partial charge in [0.25, 0.3) is 5.56 Å². The SMILES string of the molecule is CCc1c2c(nc3ccc(OC(=O)N4CCC(CCn5ccc6cc(-n7c(-c8cccc(C(C)C)c8)n[nH]c7=O)ccc65)CC4)cc13)-c1cc(C(O)C(=O)O)c(CO)c(=O)n1C2. The van der Waals surface area contributed by atoms with Gasteiger partial charge in [-0.05, 0) is 103 Å². The van der Waals surface area contributed by atoms with E-state index in [1.165, 1.54) is 16.2 Å². The first-order valence-corrected chi connectivity index (χ1v) is 21.0. The van der Waals surface area contributed by atoms with Crippen molar-refractivity contribution in [3.63, 3.8) is 0 Å². The van der Waals surface area contributed by atoms with E-state index in [0.717, 1.165) is 64.5 Å². The summed E-state index contributed by atoms with van der Waals surface area (Å²) in [6.07, 6.45) is 2.90. The Morgan fingerprint density at radius 2 is 1.79 bits per heavy atom. The van der Waals surface area contributed by atoms with E-state index in [9.17, 15) is 34.5 Å². The summed E-state index contributed by atoms with van der Waals surface area (Å²) in [5.41, 5.74) is 5.81. The normalized spacial score (nSPS) is 14.5. The first-order chi connectivity index (χ1) is 29.9. The maximum atomic E-state index is 13.4. The molecule has 0 radical (unpaired) electrons. The number of aliphatic hydroxyl groups excluding tert-OH is 2. The summed E-state index contributed by atoms with van der Waals surface area (Å²) < 4.78 is 11.2. The van der Waals surface area contributed by atoms with Crippen LogP contribution >= 0.6 is 0 Å². The predicted molar refractivity (Wildman–Crippen MR) is 233 cm³/mol. The van der Waals surface area contributed by atoms with Crippen molar-refractivity contribution < 1.29 is 29.6 Å². The molecule has 15 nitrogen and oxygen atoms in total. The topological polar surface area (TPSA) is 198 Å². The molecule has 1 amide bonds. The van der Waals surface area contributed by atoms with Gasteiger partial charge in [0.2, 0.25) is 0 Å². The monoisotopic (exact) mass is 837 g/mol. The molecule has 4 aromatic heterocycles. The van der Waals surface area contributed by atoms with Crippen molar-refractivity contribution in [1.82, 2.24) is 33.8 Å². The molecule has 2 aliphatic rings. The molecule has 2 aliphatic heterocycles. The summed E-state index contributed by atoms with van der Waals surface area (Å²) in [7, 11) is 0. The number of aliphatic carboxylic acids is 1. The van der Waals surface area contributed by atoms with E-state index in [0.29, 0.717) is 59.8 Å². The van der Waals surface area contributed by atoms with E-state index < -0.39 is 30.3 Å². The number of carbonyl (C=O) groups is 2. The van der Waals surface area contributed by atoms with Gasteiger partial charge >= 0.3 is 17.8 Å². The summed E-state index contributed by atoms with van der Waals surface area (Å²) in [6.45, 7) is 7.66. The summed E-state index contributed by atoms with van der Waals surface area (Å²) in [6, 6.07) is 22.9. The molecule has 318 valence electrons. The van der Waals surface area contributed by atoms with E-state index in [1.807, 2.05) is 31.2 Å². The Morgan fingerprint density at radius 3 is 2.53 bits per heavy atom. The van der Waals surface area contributed by atoms with Crippen molar-refractivity contribution in [2.75, 3.05) is 13.1 Å². The Bertz CT molecular complexity index is 3020. The first kappa shape index (κ1) is 40.6. The van der Waals surface area contributed by atoms with Crippen LogP contribution < -0.4 is 16.0 Å². The van der Waals surface area contributed by atoms with Gasteiger partial charge in [0.1, 0.15) is 5.75 Å². The molecule has 1 saturated heterocycles. The second-order valence-corrected chi connectivity index (χ2v) is 16.5. The van der Waals surface area contributed by atoms with Gasteiger partial charge in [-0.25, -0.2) is 29.0 Å². The van der Waals surface area contributed by atoms with Crippen LogP contribution in [0.2, 0.25) is 0 Å². The molecule has 0 spiro atoms. The highest BCUT2D eigenvalue weighted by atomic mass is 16.6. The molecule has 0 bridgehead atoms. The standard InChI is InChI=1S/C47H47N7O8/c1-4-33-34-22-32(9-10-38(34)48-41-36(33)24-53-40(41)23-35(42(56)45(58)59)37(25-55)44(53)57)62-47(61)52-17-13-27(14-18-52)12-16-51-19-15-29-21-31(8-11-39(29)51)54-43(49-50-46(54)60)30-7-5-6-28(20-30)26(2)3/h5-11,15,19-23,26-27,42,55-56H,4,12-14,16-18,24-25H2,1-3H3,(H,50,60)(H,58,59). The second-order valence-electron chi connectivity index (χ2n) is 16.5. The molecule has 1 unspecified atom stereocenters. The molecule has 9 rings (SSSR count). The Balaban J connectivity index is 0.845. The van der Waals surface area contributed by atoms with Crippen molar-refractivity contribution in [1.29, 1.82) is 0 Å². The number of rotatable bonds is 11. The van der Waals surface area contributed by atoms with Gasteiger partial charge < -0.3 is 34.1 Å². The van der Waals surface area contributed by atoms with Crippen LogP contribution in [0.5, 0.6) is 5.75 Å². The molecule has 0 saturated carbocycles. The number of aromatic nitrogens is 6. The number of pyridine rings is 2. The lowest BCUT2D eigenvalue weighted by Crippen LogP contribution is -2.40. The number of hydrogen-bond donors (Lipinski definition) is 4. The zero-order chi connectivity index (χ0) is 43.4. The van der Waals surface area contributed by atoms with Gasteiger partial charge in [-0.15, -0.1) is 0 Å². The Labute approximate surface area is 355 Å². The fourth-order valence-electron chi connectivity index (χ4n) is 9.13. The lowest BCUT2D eigenvalue weighted by atomic mass is 9.94. The van der Waals surface area contributed by atoms with E-state index in [-0.39, 0.29) is 23.4 Å². The Kier molecular flexibility index (Phi) is 10.6. The highest BCUT2D eigenvalue weighted by Crippen LogP contribution is 2.38. The molecule has 1 atom stereocenters. The van der Waals surface area contributed by atoms with Gasteiger partial charge in [0, 0.05) is 64.4 Å². The summed E-state index contributed by atoms with van der Waals surface area (Å²) >= 11 is 0. The van der Waals surface area contributed by atoms with Crippen LogP contribution in [0.25, 0.3) is 50.3 Å². The third-order valence-electron chi connectivity index (χ3n) is 12.6. The Morgan fingerprint density at radius 1 is 0.984 bits per heavy atom. The number of benzene rings is 3. The number of aliphatic hydroxyl groups is 2. The average Bonchev–Trinajstić information content (AvgIpc) is 3.99. The Hall–Kier alpha value is -6.84. The molecule has 7 aromatic rings. The number of carbonyl (C=O) groups excluding carboxylic acids is 1. The van der Waals surface area contributed by atoms with Crippen LogP contribution in [-0.2, 0) is 30.9 Å². The van der Waals surface area contributed by atoms with E-state index >= 15 is 0 Å². The molecule has 15 heteroatoms. The lowest BCUT2D eigenvalue weighted by Gasteiger charge is -2.31. The van der Waals surface area contributed by atoms with Crippen molar-refractivity contribution >= 4 is 33.9 Å². The second kappa shape index (κ2) is 16.2. The number of piperidine rings is 1. The molecule has 0 aliphatic carbocycles. The number of amides is 1. The van der Waals surface area contributed by atoms with E-state index in [2.05, 4.69) is 59.1 Å². The number of carboxylic acids is 1. The number of H-pyrrole nitrogens is 1. The predicted octanol–water partition coefficient (Wildman–Crippen LogP) is 6.52. The quantitative estimate of drug-likeness (QED) is 0.111.